The summed E-state index contributed by atoms with van der Waals surface area (Å²) in [7, 11) is -11.9. The molecule has 0 atom stereocenters. The quantitative estimate of drug-likeness (QED) is 0.0887. The zero-order chi connectivity index (χ0) is 49.8. The number of halogens is 1. The molecule has 0 fully saturated rings. The molecule has 16 nitrogen and oxygen atoms in total. The Morgan fingerprint density at radius 1 is 0.574 bits per heavy atom. The van der Waals surface area contributed by atoms with Gasteiger partial charge in [0.1, 0.15) is 10.0 Å². The van der Waals surface area contributed by atoms with E-state index in [1.807, 2.05) is 36.4 Å². The summed E-state index contributed by atoms with van der Waals surface area (Å²) >= 11 is 6.32. The van der Waals surface area contributed by atoms with Crippen LogP contribution in [0.5, 0.6) is 0 Å². The highest BCUT2D eigenvalue weighted by Gasteiger charge is 2.28. The fraction of sp³-hybridized carbons (Fsp3) is 0.333. The van der Waals surface area contributed by atoms with Gasteiger partial charge < -0.3 is 11.5 Å². The molecular formula is C45H63BrN8O8S6. The van der Waals surface area contributed by atoms with Crippen molar-refractivity contribution in [2.75, 3.05) is 46.7 Å². The van der Waals surface area contributed by atoms with Crippen LogP contribution in [0.3, 0.4) is 0 Å². The summed E-state index contributed by atoms with van der Waals surface area (Å²) in [6.07, 6.45) is 5.54. The van der Waals surface area contributed by atoms with Crippen molar-refractivity contribution in [3.05, 3.63) is 107 Å². The molecule has 68 heavy (non-hydrogen) atoms. The number of thiazole rings is 2. The van der Waals surface area contributed by atoms with Crippen LogP contribution in [0.15, 0.2) is 111 Å². The van der Waals surface area contributed by atoms with Gasteiger partial charge in [0, 0.05) is 59.4 Å². The molecule has 6 rings (SSSR count). The van der Waals surface area contributed by atoms with E-state index in [-0.39, 0.29) is 30.3 Å². The number of hydrogen-bond acceptors (Lipinski definition) is 14. The van der Waals surface area contributed by atoms with E-state index in [0.717, 1.165) is 46.7 Å². The largest absolute Gasteiger partial charge is 0.399 e. The standard InChI is InChI=1S/C21H26N4O4S3.C13H22N2O4S2.C9H7BrN2S.2CH4/c1-21(2,3)24-32(28,29)19-12-16(25(4)31(5,26)27)10-11-17(19)18-13-23-20(30-18)14-6-8-15(22)9-7-14;1-10-7-8-11(15(5)20(6,16)17)9-12(10)21(18,19)14-13(2,3)4;10-8-5-12-9(13-8)6-1-3-7(11)4-2-6;;/h6-13,24H,22H2,1-5H3;7-9,14H,1-6H3;1-5H,11H2;2*1H4. The normalized spacial score (nSPS) is 12.0. The number of nitrogens with zero attached hydrogens (tertiary/aromatic N) is 4. The second-order valence-electron chi connectivity index (χ2n) is 17.0. The molecule has 0 spiro atoms. The summed E-state index contributed by atoms with van der Waals surface area (Å²) in [6.45, 7) is 12.1. The first kappa shape index (κ1) is 59.7. The highest BCUT2D eigenvalue weighted by molar-refractivity contribution is 9.11. The van der Waals surface area contributed by atoms with Crippen molar-refractivity contribution in [2.45, 2.75) is 84.2 Å². The van der Waals surface area contributed by atoms with E-state index in [4.69, 9.17) is 11.5 Å². The zero-order valence-corrected chi connectivity index (χ0v) is 44.8. The van der Waals surface area contributed by atoms with Crippen LogP contribution in [-0.2, 0) is 40.1 Å². The van der Waals surface area contributed by atoms with Crippen LogP contribution in [-0.4, -0.2) is 81.3 Å². The van der Waals surface area contributed by atoms with Crippen molar-refractivity contribution >= 4 is 101 Å². The third-order valence-electron chi connectivity index (χ3n) is 8.88. The van der Waals surface area contributed by atoms with Crippen LogP contribution in [0.4, 0.5) is 22.7 Å². The van der Waals surface area contributed by atoms with Crippen molar-refractivity contribution in [2.24, 2.45) is 0 Å². The fourth-order valence-corrected chi connectivity index (χ4v) is 12.3. The minimum absolute atomic E-state index is 0. The maximum atomic E-state index is 13.3. The van der Waals surface area contributed by atoms with Gasteiger partial charge in [0.2, 0.25) is 40.1 Å². The monoisotopic (exact) mass is 1110 g/mol. The highest BCUT2D eigenvalue weighted by Crippen LogP contribution is 2.38. The molecule has 0 saturated heterocycles. The Hall–Kier alpha value is -4.46. The Kier molecular flexibility index (Phi) is 20.2. The summed E-state index contributed by atoms with van der Waals surface area (Å²) in [5, 5.41) is 1.72. The van der Waals surface area contributed by atoms with Gasteiger partial charge in [-0.2, -0.15) is 0 Å². The number of nitrogen functional groups attached to an aromatic ring is 2. The zero-order valence-electron chi connectivity index (χ0n) is 38.3. The van der Waals surface area contributed by atoms with Crippen LogP contribution < -0.4 is 29.5 Å². The average Bonchev–Trinajstić information content (AvgIpc) is 3.86. The molecule has 0 unspecified atom stereocenters. The van der Waals surface area contributed by atoms with E-state index in [9.17, 15) is 33.7 Å². The second kappa shape index (κ2) is 23.0. The van der Waals surface area contributed by atoms with E-state index < -0.39 is 51.2 Å². The minimum Gasteiger partial charge on any atom is -0.399 e. The number of aryl methyl sites for hydroxylation is 1. The Bertz CT molecular complexity index is 3110. The molecule has 0 aliphatic heterocycles. The predicted molar refractivity (Wildman–Crippen MR) is 288 cm³/mol. The molecule has 0 saturated carbocycles. The van der Waals surface area contributed by atoms with Crippen molar-refractivity contribution in [3.63, 3.8) is 0 Å². The van der Waals surface area contributed by atoms with Crippen LogP contribution in [0.2, 0.25) is 0 Å². The smallest absolute Gasteiger partial charge is 0.241 e. The number of rotatable bonds is 11. The summed E-state index contributed by atoms with van der Waals surface area (Å²) < 4.78 is 107. The maximum absolute atomic E-state index is 13.3. The Labute approximate surface area is 420 Å². The number of sulfonamides is 4. The molecule has 0 aliphatic carbocycles. The molecule has 0 bridgehead atoms. The predicted octanol–water partition coefficient (Wildman–Crippen LogP) is 9.43. The van der Waals surface area contributed by atoms with Crippen molar-refractivity contribution in [3.8, 4) is 31.6 Å². The molecule has 23 heteroatoms. The fourth-order valence-electron chi connectivity index (χ4n) is 5.68. The van der Waals surface area contributed by atoms with Gasteiger partial charge in [-0.25, -0.2) is 53.1 Å². The molecule has 6 N–H and O–H groups in total. The highest BCUT2D eigenvalue weighted by atomic mass is 79.9. The van der Waals surface area contributed by atoms with E-state index in [0.29, 0.717) is 32.4 Å². The van der Waals surface area contributed by atoms with Gasteiger partial charge in [0.25, 0.3) is 0 Å². The van der Waals surface area contributed by atoms with Crippen molar-refractivity contribution in [1.29, 1.82) is 0 Å². The molecule has 2 heterocycles. The third-order valence-corrected chi connectivity index (χ3v) is 17.6. The molecule has 0 radical (unpaired) electrons. The van der Waals surface area contributed by atoms with E-state index in [1.54, 1.807) is 109 Å². The van der Waals surface area contributed by atoms with Gasteiger partial charge in [0.15, 0.2) is 0 Å². The Morgan fingerprint density at radius 2 is 0.956 bits per heavy atom. The van der Waals surface area contributed by atoms with Crippen LogP contribution >= 0.6 is 38.6 Å². The number of aromatic nitrogens is 2. The number of hydrogen-bond donors (Lipinski definition) is 4. The molecular weight excluding hydrogens is 1050 g/mol. The van der Waals surface area contributed by atoms with E-state index in [2.05, 4.69) is 35.3 Å². The van der Waals surface area contributed by atoms with Crippen LogP contribution in [0, 0.1) is 6.92 Å². The lowest BCUT2D eigenvalue weighted by Gasteiger charge is -2.23. The topological polar surface area (TPSA) is 245 Å². The summed E-state index contributed by atoms with van der Waals surface area (Å²) in [4.78, 5) is 9.38. The molecule has 2 aromatic heterocycles. The molecule has 4 aromatic carbocycles. The SMILES string of the molecule is C.C.CN(c1ccc(-c2cnc(-c3ccc(N)cc3)s2)c(S(=O)(=O)NC(C)(C)C)c1)S(C)(=O)=O.Cc1ccc(N(C)S(C)(=O)=O)cc1S(=O)(=O)NC(C)(C)C.Nc1ccc(-c2ncc(Br)s2)cc1. The van der Waals surface area contributed by atoms with Crippen LogP contribution in [0.25, 0.3) is 31.6 Å². The van der Waals surface area contributed by atoms with Gasteiger partial charge in [-0.05, 0) is 143 Å². The average molecular weight is 1120 g/mol. The van der Waals surface area contributed by atoms with Gasteiger partial charge >= 0.3 is 0 Å². The first-order valence-corrected chi connectivity index (χ1v) is 28.8. The molecule has 0 amide bonds. The van der Waals surface area contributed by atoms with Crippen molar-refractivity contribution < 1.29 is 33.7 Å². The lowest BCUT2D eigenvalue weighted by atomic mass is 10.1. The Balaban J connectivity index is 0.000000379. The first-order chi connectivity index (χ1) is 30.2. The second-order valence-corrected chi connectivity index (χ2v) is 27.8. The molecule has 6 aromatic rings. The van der Waals surface area contributed by atoms with Gasteiger partial charge in [-0.15, -0.1) is 22.7 Å². The number of nitrogens with one attached hydrogen (secondary N) is 2. The summed E-state index contributed by atoms with van der Waals surface area (Å²) in [5.41, 5.74) is 14.9. The number of nitrogens with two attached hydrogens (primary N) is 2. The Morgan fingerprint density at radius 3 is 1.35 bits per heavy atom. The molecule has 0 aliphatic rings. The van der Waals surface area contributed by atoms with Gasteiger partial charge in [0.05, 0.1) is 48.5 Å². The third kappa shape index (κ3) is 16.9. The van der Waals surface area contributed by atoms with Crippen molar-refractivity contribution in [1.82, 2.24) is 19.4 Å². The van der Waals surface area contributed by atoms with E-state index >= 15 is 0 Å². The van der Waals surface area contributed by atoms with Gasteiger partial charge in [-0.3, -0.25) is 8.61 Å². The van der Waals surface area contributed by atoms with Crippen LogP contribution in [0.1, 0.15) is 62.0 Å². The lowest BCUT2D eigenvalue weighted by molar-refractivity contribution is 0.489. The number of benzene rings is 4. The molecule has 374 valence electrons. The summed E-state index contributed by atoms with van der Waals surface area (Å²) in [5.74, 6) is 0. The van der Waals surface area contributed by atoms with Gasteiger partial charge in [-0.1, -0.05) is 27.0 Å². The van der Waals surface area contributed by atoms with E-state index in [1.165, 1.54) is 37.6 Å². The lowest BCUT2D eigenvalue weighted by Crippen LogP contribution is -2.40. The minimum atomic E-state index is -3.97. The summed E-state index contributed by atoms with van der Waals surface area (Å²) in [6, 6.07) is 24.0. The first-order valence-electron chi connectivity index (χ1n) is 19.7. The number of anilines is 4. The maximum Gasteiger partial charge on any atom is 0.241 e.